The van der Waals surface area contributed by atoms with Crippen LogP contribution in [0.15, 0.2) is 0 Å². The van der Waals surface area contributed by atoms with E-state index in [0.717, 1.165) is 4.90 Å². The SMILES string of the molecule is CC(=O)[C@H](C)N(C)C(=O)[C@H](CO)N(C)C(C)=O. The molecule has 0 fully saturated rings. The van der Waals surface area contributed by atoms with Crippen LogP contribution in [0.25, 0.3) is 0 Å². The van der Waals surface area contributed by atoms with Crippen LogP contribution in [0.3, 0.4) is 0 Å². The average Bonchev–Trinajstić information content (AvgIpc) is 2.27. The maximum absolute atomic E-state index is 12.0. The molecule has 0 saturated heterocycles. The predicted molar refractivity (Wildman–Crippen MR) is 62.2 cm³/mol. The minimum Gasteiger partial charge on any atom is -0.394 e. The first-order valence-electron chi connectivity index (χ1n) is 5.35. The Hall–Kier alpha value is -1.43. The molecular formula is C11H20N2O4. The van der Waals surface area contributed by atoms with Crippen LogP contribution >= 0.6 is 0 Å². The zero-order valence-electron chi connectivity index (χ0n) is 10.9. The monoisotopic (exact) mass is 244 g/mol. The number of ketones is 1. The van der Waals surface area contributed by atoms with Crippen molar-refractivity contribution in [2.24, 2.45) is 0 Å². The number of amides is 2. The lowest BCUT2D eigenvalue weighted by Gasteiger charge is -2.31. The Balaban J connectivity index is 4.87. The van der Waals surface area contributed by atoms with Gasteiger partial charge in [0.15, 0.2) is 5.78 Å². The first-order chi connectivity index (χ1) is 7.73. The van der Waals surface area contributed by atoms with Crippen LogP contribution < -0.4 is 0 Å². The molecule has 2 atom stereocenters. The van der Waals surface area contributed by atoms with Crippen molar-refractivity contribution in [2.45, 2.75) is 32.9 Å². The molecule has 0 aromatic heterocycles. The van der Waals surface area contributed by atoms with Gasteiger partial charge in [0.1, 0.15) is 6.04 Å². The molecule has 0 aliphatic carbocycles. The quantitative estimate of drug-likeness (QED) is 0.691. The van der Waals surface area contributed by atoms with Crippen molar-refractivity contribution in [1.82, 2.24) is 9.80 Å². The van der Waals surface area contributed by atoms with Crippen LogP contribution in [0.1, 0.15) is 20.8 Å². The van der Waals surface area contributed by atoms with Gasteiger partial charge in [-0.15, -0.1) is 0 Å². The van der Waals surface area contributed by atoms with Gasteiger partial charge in [-0.25, -0.2) is 0 Å². The van der Waals surface area contributed by atoms with E-state index in [9.17, 15) is 14.4 Å². The van der Waals surface area contributed by atoms with Crippen LogP contribution in [-0.4, -0.2) is 65.3 Å². The first-order valence-corrected chi connectivity index (χ1v) is 5.35. The molecule has 0 aliphatic rings. The van der Waals surface area contributed by atoms with Crippen molar-refractivity contribution in [3.05, 3.63) is 0 Å². The zero-order chi connectivity index (χ0) is 13.7. The molecule has 0 aliphatic heterocycles. The number of hydrogen-bond acceptors (Lipinski definition) is 4. The van der Waals surface area contributed by atoms with Crippen molar-refractivity contribution in [2.75, 3.05) is 20.7 Å². The smallest absolute Gasteiger partial charge is 0.248 e. The van der Waals surface area contributed by atoms with Gasteiger partial charge in [-0.3, -0.25) is 14.4 Å². The highest BCUT2D eigenvalue weighted by Crippen LogP contribution is 2.05. The van der Waals surface area contributed by atoms with E-state index in [1.165, 1.54) is 32.8 Å². The van der Waals surface area contributed by atoms with E-state index in [0.29, 0.717) is 0 Å². The van der Waals surface area contributed by atoms with Crippen LogP contribution in [0.2, 0.25) is 0 Å². The van der Waals surface area contributed by atoms with E-state index in [1.54, 1.807) is 6.92 Å². The van der Waals surface area contributed by atoms with Gasteiger partial charge in [0, 0.05) is 21.0 Å². The number of rotatable bonds is 5. The van der Waals surface area contributed by atoms with Crippen molar-refractivity contribution >= 4 is 17.6 Å². The second-order valence-corrected chi connectivity index (χ2v) is 4.06. The molecule has 0 saturated carbocycles. The van der Waals surface area contributed by atoms with Crippen LogP contribution in [-0.2, 0) is 14.4 Å². The lowest BCUT2D eigenvalue weighted by Crippen LogP contribution is -2.52. The molecule has 0 spiro atoms. The number of aliphatic hydroxyl groups is 1. The molecule has 1 N–H and O–H groups in total. The number of carbonyl (C=O) groups excluding carboxylic acids is 3. The largest absolute Gasteiger partial charge is 0.394 e. The number of nitrogens with zero attached hydrogens (tertiary/aromatic N) is 2. The Kier molecular flexibility index (Phi) is 5.81. The summed E-state index contributed by atoms with van der Waals surface area (Å²) in [6, 6.07) is -1.52. The summed E-state index contributed by atoms with van der Waals surface area (Å²) in [6.45, 7) is 3.83. The van der Waals surface area contributed by atoms with E-state index in [2.05, 4.69) is 0 Å². The third-order valence-corrected chi connectivity index (χ3v) is 2.94. The summed E-state index contributed by atoms with van der Waals surface area (Å²) in [7, 11) is 2.92. The lowest BCUT2D eigenvalue weighted by atomic mass is 10.1. The van der Waals surface area contributed by atoms with E-state index >= 15 is 0 Å². The number of aliphatic hydroxyl groups excluding tert-OH is 1. The molecule has 6 heteroatoms. The van der Waals surface area contributed by atoms with Crippen molar-refractivity contribution in [3.63, 3.8) is 0 Å². The summed E-state index contributed by atoms with van der Waals surface area (Å²) >= 11 is 0. The Bertz CT molecular complexity index is 317. The molecule has 0 heterocycles. The van der Waals surface area contributed by atoms with Gasteiger partial charge < -0.3 is 14.9 Å². The molecule has 0 unspecified atom stereocenters. The molecule has 6 nitrogen and oxygen atoms in total. The fraction of sp³-hybridized carbons (Fsp3) is 0.727. The second kappa shape index (κ2) is 6.34. The predicted octanol–water partition coefficient (Wildman–Crippen LogP) is -0.738. The number of Topliss-reactive ketones (excluding diaryl/α,β-unsaturated/α-hetero) is 1. The van der Waals surface area contributed by atoms with Crippen molar-refractivity contribution in [1.29, 1.82) is 0 Å². The average molecular weight is 244 g/mol. The highest BCUT2D eigenvalue weighted by molar-refractivity contribution is 5.91. The molecule has 98 valence electrons. The van der Waals surface area contributed by atoms with E-state index in [-0.39, 0.29) is 11.7 Å². The minimum absolute atomic E-state index is 0.150. The van der Waals surface area contributed by atoms with Crippen LogP contribution in [0.4, 0.5) is 0 Å². The molecule has 0 aromatic carbocycles. The number of carbonyl (C=O) groups is 3. The molecule has 17 heavy (non-hydrogen) atoms. The summed E-state index contributed by atoms with van der Waals surface area (Å²) in [5, 5.41) is 9.16. The maximum Gasteiger partial charge on any atom is 0.248 e. The lowest BCUT2D eigenvalue weighted by molar-refractivity contribution is -0.147. The minimum atomic E-state index is -0.945. The van der Waals surface area contributed by atoms with Gasteiger partial charge >= 0.3 is 0 Å². The Morgan fingerprint density at radius 1 is 1.12 bits per heavy atom. The second-order valence-electron chi connectivity index (χ2n) is 4.06. The number of likely N-dealkylation sites (N-methyl/N-ethyl adjacent to an activating group) is 2. The summed E-state index contributed by atoms with van der Waals surface area (Å²) in [4.78, 5) is 36.7. The first kappa shape index (κ1) is 15.6. The van der Waals surface area contributed by atoms with Gasteiger partial charge in [0.25, 0.3) is 0 Å². The summed E-state index contributed by atoms with van der Waals surface area (Å²) in [5.41, 5.74) is 0. The summed E-state index contributed by atoms with van der Waals surface area (Å²) in [5.74, 6) is -0.919. The van der Waals surface area contributed by atoms with Gasteiger partial charge in [0.05, 0.1) is 12.6 Å². The molecule has 2 amide bonds. The molecule has 0 bridgehead atoms. The zero-order valence-corrected chi connectivity index (χ0v) is 10.9. The third kappa shape index (κ3) is 3.81. The normalized spacial score (nSPS) is 13.8. The van der Waals surface area contributed by atoms with E-state index < -0.39 is 24.6 Å². The van der Waals surface area contributed by atoms with Gasteiger partial charge in [-0.1, -0.05) is 0 Å². The molecule has 0 radical (unpaired) electrons. The summed E-state index contributed by atoms with van der Waals surface area (Å²) < 4.78 is 0. The van der Waals surface area contributed by atoms with Crippen molar-refractivity contribution in [3.8, 4) is 0 Å². The van der Waals surface area contributed by atoms with Crippen LogP contribution in [0.5, 0.6) is 0 Å². The van der Waals surface area contributed by atoms with Crippen molar-refractivity contribution < 1.29 is 19.5 Å². The van der Waals surface area contributed by atoms with E-state index in [4.69, 9.17) is 5.11 Å². The Morgan fingerprint density at radius 2 is 1.59 bits per heavy atom. The number of hydrogen-bond donors (Lipinski definition) is 1. The summed E-state index contributed by atoms with van der Waals surface area (Å²) in [6.07, 6.45) is 0. The molecule has 0 rings (SSSR count). The maximum atomic E-state index is 12.0. The van der Waals surface area contributed by atoms with E-state index in [1.807, 2.05) is 0 Å². The fourth-order valence-electron chi connectivity index (χ4n) is 1.28. The highest BCUT2D eigenvalue weighted by atomic mass is 16.3. The molecule has 0 aromatic rings. The van der Waals surface area contributed by atoms with Gasteiger partial charge in [-0.2, -0.15) is 0 Å². The Morgan fingerprint density at radius 3 is 1.88 bits per heavy atom. The van der Waals surface area contributed by atoms with Gasteiger partial charge in [-0.05, 0) is 13.8 Å². The van der Waals surface area contributed by atoms with Crippen LogP contribution in [0, 0.1) is 0 Å². The highest BCUT2D eigenvalue weighted by Gasteiger charge is 2.30. The standard InChI is InChI=1S/C11H20N2O4/c1-7(8(2)15)12(4)11(17)10(6-14)13(5)9(3)16/h7,10,14H,6H2,1-5H3/t7-,10-/m0/s1. The van der Waals surface area contributed by atoms with Gasteiger partial charge in [0.2, 0.25) is 11.8 Å². The third-order valence-electron chi connectivity index (χ3n) is 2.94. The fourth-order valence-corrected chi connectivity index (χ4v) is 1.28. The Labute approximate surface area is 101 Å². The molecular weight excluding hydrogens is 224 g/mol. The topological polar surface area (TPSA) is 77.9 Å².